The quantitative estimate of drug-likeness (QED) is 0.435. The number of carbonyl (C=O) groups excluding carboxylic acids is 1. The Morgan fingerprint density at radius 2 is 1.79 bits per heavy atom. The van der Waals surface area contributed by atoms with Crippen LogP contribution in [0.15, 0.2) is 53.1 Å². The Bertz CT molecular complexity index is 1110. The Labute approximate surface area is 189 Å². The number of nitrogens with zero attached hydrogens (tertiary/aromatic N) is 4. The van der Waals surface area contributed by atoms with Gasteiger partial charge in [-0.2, -0.15) is 0 Å². The van der Waals surface area contributed by atoms with Crippen LogP contribution in [-0.2, 0) is 16.1 Å². The standard InChI is InChI=1S/C22H24N4O7/c1-24(12-19-22(30)33-23-26(19)15-7-9-17(31-2)10-8-15)20(27)13-25(14-21(28)29)16-5-4-6-18(11-16)32-3/h4-11H,12-14H2,1-3H3,(H-,23,28,29,30). The summed E-state index contributed by atoms with van der Waals surface area (Å²) in [6, 6.07) is 13.6. The number of carboxylic acid groups (broad SMARTS) is 1. The maximum absolute atomic E-state index is 12.9. The number of hydrogen-bond donors (Lipinski definition) is 1. The predicted molar refractivity (Wildman–Crippen MR) is 113 cm³/mol. The van der Waals surface area contributed by atoms with Crippen LogP contribution in [0.3, 0.4) is 0 Å². The number of aliphatic carboxylic acids is 1. The third-order valence-corrected chi connectivity index (χ3v) is 4.90. The number of carboxylic acids is 1. The number of rotatable bonds is 10. The molecule has 2 aromatic carbocycles. The lowest BCUT2D eigenvalue weighted by molar-refractivity contribution is -0.678. The second-order valence-corrected chi connectivity index (χ2v) is 7.12. The van der Waals surface area contributed by atoms with Crippen LogP contribution in [-0.4, -0.2) is 61.5 Å². The van der Waals surface area contributed by atoms with E-state index in [1.165, 1.54) is 28.6 Å². The molecule has 33 heavy (non-hydrogen) atoms. The van der Waals surface area contributed by atoms with Crippen molar-refractivity contribution in [2.45, 2.75) is 6.54 Å². The van der Waals surface area contributed by atoms with Crippen LogP contribution >= 0.6 is 0 Å². The number of benzene rings is 2. The molecule has 3 rings (SSSR count). The summed E-state index contributed by atoms with van der Waals surface area (Å²) in [5.74, 6) is -1.01. The van der Waals surface area contributed by atoms with Gasteiger partial charge in [0, 0.05) is 30.9 Å². The van der Waals surface area contributed by atoms with Gasteiger partial charge in [-0.25, -0.2) is 0 Å². The summed E-state index contributed by atoms with van der Waals surface area (Å²) in [7, 11) is 4.55. The molecule has 0 saturated carbocycles. The smallest absolute Gasteiger partial charge is 0.323 e. The normalized spacial score (nSPS) is 10.5. The van der Waals surface area contributed by atoms with Crippen molar-refractivity contribution in [3.8, 4) is 23.1 Å². The summed E-state index contributed by atoms with van der Waals surface area (Å²) >= 11 is 0. The largest absolute Gasteiger partial charge is 0.539 e. The van der Waals surface area contributed by atoms with Gasteiger partial charge in [-0.1, -0.05) is 6.07 Å². The van der Waals surface area contributed by atoms with E-state index >= 15 is 0 Å². The summed E-state index contributed by atoms with van der Waals surface area (Å²) in [4.78, 5) is 27.0. The SMILES string of the molecule is COc1ccc(-[n+]2noc([O-])c2CN(C)C(=O)CN(CC(=O)O)c2cccc(OC)c2)cc1. The van der Waals surface area contributed by atoms with Crippen LogP contribution in [0.1, 0.15) is 5.69 Å². The highest BCUT2D eigenvalue weighted by Gasteiger charge is 2.25. The van der Waals surface area contributed by atoms with Gasteiger partial charge in [0.1, 0.15) is 24.6 Å². The van der Waals surface area contributed by atoms with Gasteiger partial charge in [-0.05, 0) is 28.9 Å². The zero-order valence-electron chi connectivity index (χ0n) is 18.4. The van der Waals surface area contributed by atoms with E-state index < -0.39 is 24.4 Å². The molecule has 1 heterocycles. The molecule has 0 aliphatic carbocycles. The lowest BCUT2D eigenvalue weighted by Gasteiger charge is -2.25. The third-order valence-electron chi connectivity index (χ3n) is 4.90. The molecule has 0 aliphatic heterocycles. The number of carbonyl (C=O) groups is 2. The van der Waals surface area contributed by atoms with Gasteiger partial charge in [0.15, 0.2) is 5.95 Å². The van der Waals surface area contributed by atoms with E-state index in [1.54, 1.807) is 55.6 Å². The second kappa shape index (κ2) is 10.4. The topological polar surface area (TPSA) is 132 Å². The molecule has 1 N–H and O–H groups in total. The summed E-state index contributed by atoms with van der Waals surface area (Å²) < 4.78 is 16.4. The zero-order valence-corrected chi connectivity index (χ0v) is 18.4. The van der Waals surface area contributed by atoms with Gasteiger partial charge in [0.2, 0.25) is 11.6 Å². The molecular formula is C22H24N4O7. The third kappa shape index (κ3) is 5.70. The molecule has 174 valence electrons. The van der Waals surface area contributed by atoms with Gasteiger partial charge >= 0.3 is 5.97 Å². The highest BCUT2D eigenvalue weighted by atomic mass is 16.6. The van der Waals surface area contributed by atoms with Crippen LogP contribution in [0.4, 0.5) is 5.69 Å². The summed E-state index contributed by atoms with van der Waals surface area (Å²) in [6.45, 7) is -0.705. The van der Waals surface area contributed by atoms with Gasteiger partial charge in [-0.3, -0.25) is 9.59 Å². The molecule has 0 bridgehead atoms. The number of anilines is 1. The number of likely N-dealkylation sites (N-methyl/N-ethyl adjacent to an activating group) is 1. The fourth-order valence-corrected chi connectivity index (χ4v) is 3.13. The van der Waals surface area contributed by atoms with Crippen LogP contribution < -0.4 is 24.2 Å². The maximum atomic E-state index is 12.9. The first-order chi connectivity index (χ1) is 15.8. The van der Waals surface area contributed by atoms with E-state index in [9.17, 15) is 19.8 Å². The molecule has 11 heteroatoms. The lowest BCUT2D eigenvalue weighted by Crippen LogP contribution is -2.44. The Hall–Kier alpha value is -4.28. The van der Waals surface area contributed by atoms with Crippen molar-refractivity contribution in [3.63, 3.8) is 0 Å². The van der Waals surface area contributed by atoms with Crippen molar-refractivity contribution >= 4 is 17.6 Å². The number of hydrogen-bond acceptors (Lipinski definition) is 8. The molecule has 1 amide bonds. The van der Waals surface area contributed by atoms with E-state index in [2.05, 4.69) is 5.27 Å². The van der Waals surface area contributed by atoms with Crippen molar-refractivity contribution in [3.05, 3.63) is 54.2 Å². The van der Waals surface area contributed by atoms with Crippen molar-refractivity contribution in [1.29, 1.82) is 0 Å². The molecule has 0 atom stereocenters. The minimum atomic E-state index is -1.09. The lowest BCUT2D eigenvalue weighted by atomic mass is 10.2. The first-order valence-electron chi connectivity index (χ1n) is 9.89. The average molecular weight is 456 g/mol. The number of amides is 1. The maximum Gasteiger partial charge on any atom is 0.323 e. The molecule has 0 unspecified atom stereocenters. The van der Waals surface area contributed by atoms with E-state index in [0.29, 0.717) is 22.9 Å². The van der Waals surface area contributed by atoms with Crippen molar-refractivity contribution in [2.75, 3.05) is 39.3 Å². The average Bonchev–Trinajstić information content (AvgIpc) is 3.18. The minimum Gasteiger partial charge on any atom is -0.539 e. The van der Waals surface area contributed by atoms with Gasteiger partial charge in [-0.15, -0.1) is 0 Å². The van der Waals surface area contributed by atoms with E-state index in [1.807, 2.05) is 0 Å². The number of methoxy groups -OCH3 is 2. The summed E-state index contributed by atoms with van der Waals surface area (Å²) in [6.07, 6.45) is 0. The monoisotopic (exact) mass is 456 g/mol. The Morgan fingerprint density at radius 3 is 2.42 bits per heavy atom. The Morgan fingerprint density at radius 1 is 1.09 bits per heavy atom. The molecule has 11 nitrogen and oxygen atoms in total. The summed E-state index contributed by atoms with van der Waals surface area (Å²) in [5, 5.41) is 25.3. The van der Waals surface area contributed by atoms with Crippen molar-refractivity contribution in [2.24, 2.45) is 0 Å². The molecule has 0 aliphatic rings. The first-order valence-corrected chi connectivity index (χ1v) is 9.89. The van der Waals surface area contributed by atoms with E-state index in [4.69, 9.17) is 14.0 Å². The van der Waals surface area contributed by atoms with Crippen molar-refractivity contribution in [1.82, 2.24) is 10.2 Å². The van der Waals surface area contributed by atoms with Gasteiger partial charge in [0.05, 0.1) is 26.0 Å². The van der Waals surface area contributed by atoms with E-state index in [0.717, 1.165) is 0 Å². The molecule has 0 spiro atoms. The Kier molecular flexibility index (Phi) is 7.34. The summed E-state index contributed by atoms with van der Waals surface area (Å²) in [5.41, 5.74) is 1.21. The molecule has 3 aromatic rings. The number of aromatic nitrogens is 2. The highest BCUT2D eigenvalue weighted by Crippen LogP contribution is 2.21. The molecule has 0 radical (unpaired) electrons. The second-order valence-electron chi connectivity index (χ2n) is 7.12. The fourth-order valence-electron chi connectivity index (χ4n) is 3.13. The van der Waals surface area contributed by atoms with Gasteiger partial charge < -0.3 is 34.0 Å². The van der Waals surface area contributed by atoms with E-state index in [-0.39, 0.29) is 18.8 Å². The molecular weight excluding hydrogens is 432 g/mol. The minimum absolute atomic E-state index is 0.0911. The first kappa shape index (κ1) is 23.4. The van der Waals surface area contributed by atoms with Crippen LogP contribution in [0.2, 0.25) is 0 Å². The molecule has 0 fully saturated rings. The number of ether oxygens (including phenoxy) is 2. The van der Waals surface area contributed by atoms with Crippen molar-refractivity contribution < 1.29 is 38.5 Å². The predicted octanol–water partition coefficient (Wildman–Crippen LogP) is 0.592. The Balaban J connectivity index is 1.77. The fraction of sp³-hybridized carbons (Fsp3) is 0.273. The van der Waals surface area contributed by atoms with Crippen LogP contribution in [0.25, 0.3) is 5.69 Å². The highest BCUT2D eigenvalue weighted by molar-refractivity contribution is 5.84. The molecule has 0 saturated heterocycles. The zero-order chi connectivity index (χ0) is 24.0. The van der Waals surface area contributed by atoms with Gasteiger partial charge in [0.25, 0.3) is 5.69 Å². The molecule has 1 aromatic heterocycles. The van der Waals surface area contributed by atoms with Crippen LogP contribution in [0, 0.1) is 0 Å². The van der Waals surface area contributed by atoms with Crippen LogP contribution in [0.5, 0.6) is 17.4 Å².